The SMILES string of the molecule is CCCC(=O)CC(C)Cc1c(C)cc(C)cc1C. The van der Waals surface area contributed by atoms with E-state index in [2.05, 4.69) is 46.8 Å². The Morgan fingerprint density at radius 1 is 1.17 bits per heavy atom. The Morgan fingerprint density at radius 3 is 2.22 bits per heavy atom. The van der Waals surface area contributed by atoms with Gasteiger partial charge in [0, 0.05) is 12.8 Å². The van der Waals surface area contributed by atoms with E-state index >= 15 is 0 Å². The molecule has 0 aromatic heterocycles. The zero-order valence-electron chi connectivity index (χ0n) is 12.5. The second kappa shape index (κ2) is 6.72. The number of Topliss-reactive ketones (excluding diaryl/α,β-unsaturated/α-hetero) is 1. The van der Waals surface area contributed by atoms with Crippen molar-refractivity contribution < 1.29 is 4.79 Å². The third kappa shape index (κ3) is 4.29. The number of rotatable bonds is 6. The van der Waals surface area contributed by atoms with Crippen LogP contribution in [0.25, 0.3) is 0 Å². The molecule has 0 N–H and O–H groups in total. The van der Waals surface area contributed by atoms with Crippen molar-refractivity contribution in [2.75, 3.05) is 0 Å². The lowest BCUT2D eigenvalue weighted by Crippen LogP contribution is -2.09. The van der Waals surface area contributed by atoms with Gasteiger partial charge in [-0.1, -0.05) is 31.5 Å². The monoisotopic (exact) mass is 246 g/mol. The average molecular weight is 246 g/mol. The van der Waals surface area contributed by atoms with Crippen LogP contribution in [-0.2, 0) is 11.2 Å². The molecule has 0 radical (unpaired) electrons. The van der Waals surface area contributed by atoms with Gasteiger partial charge in [0.25, 0.3) is 0 Å². The first-order valence-corrected chi connectivity index (χ1v) is 7.02. The molecule has 0 aliphatic rings. The van der Waals surface area contributed by atoms with Gasteiger partial charge in [0.2, 0.25) is 0 Å². The second-order valence-corrected chi connectivity index (χ2v) is 5.68. The van der Waals surface area contributed by atoms with Crippen LogP contribution in [0.1, 0.15) is 55.4 Å². The van der Waals surface area contributed by atoms with Crippen LogP contribution in [0, 0.1) is 26.7 Å². The van der Waals surface area contributed by atoms with E-state index in [0.717, 1.165) is 25.7 Å². The molecule has 18 heavy (non-hydrogen) atoms. The number of aryl methyl sites for hydroxylation is 3. The minimum Gasteiger partial charge on any atom is -0.300 e. The summed E-state index contributed by atoms with van der Waals surface area (Å²) in [5.41, 5.74) is 5.48. The van der Waals surface area contributed by atoms with E-state index in [1.165, 1.54) is 22.3 Å². The van der Waals surface area contributed by atoms with Gasteiger partial charge in [0.15, 0.2) is 0 Å². The van der Waals surface area contributed by atoms with Crippen LogP contribution in [0.5, 0.6) is 0 Å². The molecule has 1 heteroatoms. The molecular weight excluding hydrogens is 220 g/mol. The standard InChI is InChI=1S/C17H26O/c1-6-7-16(18)10-13(3)11-17-14(4)8-12(2)9-15(17)5/h8-9,13H,6-7,10-11H2,1-5H3. The van der Waals surface area contributed by atoms with Crippen molar-refractivity contribution in [2.24, 2.45) is 5.92 Å². The Morgan fingerprint density at radius 2 is 1.72 bits per heavy atom. The molecule has 0 bridgehead atoms. The van der Waals surface area contributed by atoms with E-state index in [-0.39, 0.29) is 0 Å². The molecule has 0 aliphatic carbocycles. The predicted molar refractivity (Wildman–Crippen MR) is 78.1 cm³/mol. The Kier molecular flexibility index (Phi) is 5.58. The molecule has 1 unspecified atom stereocenters. The molecule has 0 heterocycles. The third-order valence-electron chi connectivity index (χ3n) is 3.50. The van der Waals surface area contributed by atoms with Gasteiger partial charge in [-0.2, -0.15) is 0 Å². The number of benzene rings is 1. The van der Waals surface area contributed by atoms with Crippen LogP contribution < -0.4 is 0 Å². The molecule has 1 nitrogen and oxygen atoms in total. The van der Waals surface area contributed by atoms with Crippen LogP contribution in [-0.4, -0.2) is 5.78 Å². The Balaban J connectivity index is 2.70. The van der Waals surface area contributed by atoms with Crippen molar-refractivity contribution in [2.45, 2.75) is 60.3 Å². The van der Waals surface area contributed by atoms with Gasteiger partial charge in [0.1, 0.15) is 5.78 Å². The third-order valence-corrected chi connectivity index (χ3v) is 3.50. The normalized spacial score (nSPS) is 12.5. The Hall–Kier alpha value is -1.11. The van der Waals surface area contributed by atoms with Gasteiger partial charge in [-0.15, -0.1) is 0 Å². The molecular formula is C17H26O. The van der Waals surface area contributed by atoms with E-state index in [0.29, 0.717) is 11.7 Å². The molecule has 1 aromatic rings. The second-order valence-electron chi connectivity index (χ2n) is 5.68. The van der Waals surface area contributed by atoms with Crippen molar-refractivity contribution in [3.05, 3.63) is 34.4 Å². The molecule has 1 aromatic carbocycles. The first-order valence-electron chi connectivity index (χ1n) is 7.02. The highest BCUT2D eigenvalue weighted by Gasteiger charge is 2.12. The summed E-state index contributed by atoms with van der Waals surface area (Å²) in [6.07, 6.45) is 3.44. The van der Waals surface area contributed by atoms with Crippen molar-refractivity contribution in [3.8, 4) is 0 Å². The molecule has 0 saturated carbocycles. The molecule has 0 aliphatic heterocycles. The van der Waals surface area contributed by atoms with Crippen LogP contribution in [0.4, 0.5) is 0 Å². The van der Waals surface area contributed by atoms with Crippen LogP contribution >= 0.6 is 0 Å². The Bertz CT molecular complexity index is 395. The van der Waals surface area contributed by atoms with Gasteiger partial charge in [-0.05, 0) is 56.2 Å². The van der Waals surface area contributed by atoms with Crippen LogP contribution in [0.15, 0.2) is 12.1 Å². The van der Waals surface area contributed by atoms with Gasteiger partial charge in [-0.25, -0.2) is 0 Å². The van der Waals surface area contributed by atoms with Gasteiger partial charge >= 0.3 is 0 Å². The summed E-state index contributed by atoms with van der Waals surface area (Å²) in [6.45, 7) is 10.7. The van der Waals surface area contributed by atoms with Crippen molar-refractivity contribution >= 4 is 5.78 Å². The topological polar surface area (TPSA) is 17.1 Å². The molecule has 1 rings (SSSR count). The van der Waals surface area contributed by atoms with Crippen molar-refractivity contribution in [3.63, 3.8) is 0 Å². The molecule has 1 atom stereocenters. The predicted octanol–water partition coefficient (Wildman–Crippen LogP) is 4.55. The maximum absolute atomic E-state index is 11.7. The van der Waals surface area contributed by atoms with Gasteiger partial charge in [0.05, 0.1) is 0 Å². The average Bonchev–Trinajstić information content (AvgIpc) is 2.23. The summed E-state index contributed by atoms with van der Waals surface area (Å²) in [5.74, 6) is 0.858. The fourth-order valence-corrected chi connectivity index (χ4v) is 2.72. The summed E-state index contributed by atoms with van der Waals surface area (Å²) in [7, 11) is 0. The zero-order chi connectivity index (χ0) is 13.7. The number of ketones is 1. The first-order chi connectivity index (χ1) is 8.43. The zero-order valence-corrected chi connectivity index (χ0v) is 12.5. The Labute approximate surface area is 112 Å². The maximum atomic E-state index is 11.7. The number of carbonyl (C=O) groups excluding carboxylic acids is 1. The lowest BCUT2D eigenvalue weighted by atomic mass is 9.89. The van der Waals surface area contributed by atoms with E-state index in [1.807, 2.05) is 0 Å². The van der Waals surface area contributed by atoms with Crippen LogP contribution in [0.2, 0.25) is 0 Å². The maximum Gasteiger partial charge on any atom is 0.133 e. The highest BCUT2D eigenvalue weighted by Crippen LogP contribution is 2.21. The van der Waals surface area contributed by atoms with Crippen molar-refractivity contribution in [1.82, 2.24) is 0 Å². The summed E-state index contributed by atoms with van der Waals surface area (Å²) < 4.78 is 0. The smallest absolute Gasteiger partial charge is 0.133 e. The van der Waals surface area contributed by atoms with Gasteiger partial charge in [-0.3, -0.25) is 4.79 Å². The van der Waals surface area contributed by atoms with Gasteiger partial charge < -0.3 is 0 Å². The van der Waals surface area contributed by atoms with Crippen LogP contribution in [0.3, 0.4) is 0 Å². The minimum atomic E-state index is 0.410. The molecule has 0 spiro atoms. The fraction of sp³-hybridized carbons (Fsp3) is 0.588. The summed E-state index contributed by atoms with van der Waals surface area (Å²) >= 11 is 0. The molecule has 0 fully saturated rings. The summed E-state index contributed by atoms with van der Waals surface area (Å²) in [6, 6.07) is 4.48. The van der Waals surface area contributed by atoms with E-state index in [4.69, 9.17) is 0 Å². The molecule has 0 saturated heterocycles. The van der Waals surface area contributed by atoms with E-state index in [9.17, 15) is 4.79 Å². The van der Waals surface area contributed by atoms with E-state index < -0.39 is 0 Å². The number of hydrogen-bond donors (Lipinski definition) is 0. The number of hydrogen-bond acceptors (Lipinski definition) is 1. The largest absolute Gasteiger partial charge is 0.300 e. The van der Waals surface area contributed by atoms with E-state index in [1.54, 1.807) is 0 Å². The lowest BCUT2D eigenvalue weighted by molar-refractivity contribution is -0.119. The fourth-order valence-electron chi connectivity index (χ4n) is 2.72. The summed E-state index contributed by atoms with van der Waals surface area (Å²) in [5, 5.41) is 0. The minimum absolute atomic E-state index is 0.410. The molecule has 100 valence electrons. The first kappa shape index (κ1) is 14.9. The quantitative estimate of drug-likeness (QED) is 0.719. The summed E-state index contributed by atoms with van der Waals surface area (Å²) in [4.78, 5) is 11.7. The highest BCUT2D eigenvalue weighted by atomic mass is 16.1. The highest BCUT2D eigenvalue weighted by molar-refractivity contribution is 5.78. The lowest BCUT2D eigenvalue weighted by Gasteiger charge is -2.16. The number of carbonyl (C=O) groups is 1. The molecule has 0 amide bonds. The van der Waals surface area contributed by atoms with Crippen molar-refractivity contribution in [1.29, 1.82) is 0 Å².